The standard InChI is InChI=1S/C16H21NOS/c1-12(17-19(18)16(2,3)4)14-11-7-9-13-8-5-6-10-15(13)14/h5-12,17H,1-4H3/t12-,19?/m1/s1. The summed E-state index contributed by atoms with van der Waals surface area (Å²) in [5.74, 6) is 0. The lowest BCUT2D eigenvalue weighted by Crippen LogP contribution is -2.40. The fourth-order valence-corrected chi connectivity index (χ4v) is 2.83. The van der Waals surface area contributed by atoms with E-state index in [-0.39, 0.29) is 10.8 Å². The molecule has 19 heavy (non-hydrogen) atoms. The van der Waals surface area contributed by atoms with Gasteiger partial charge < -0.3 is 4.55 Å². The second-order valence-corrected chi connectivity index (χ2v) is 7.79. The molecular formula is C16H21NOS. The van der Waals surface area contributed by atoms with Crippen LogP contribution < -0.4 is 4.72 Å². The molecule has 3 heteroatoms. The number of hydrogen-bond acceptors (Lipinski definition) is 2. The van der Waals surface area contributed by atoms with Gasteiger partial charge in [-0.05, 0) is 44.0 Å². The Kier molecular flexibility index (Phi) is 4.19. The van der Waals surface area contributed by atoms with Crippen LogP contribution in [0.3, 0.4) is 0 Å². The first-order chi connectivity index (χ1) is 8.89. The molecule has 2 aromatic rings. The molecule has 1 unspecified atom stereocenters. The zero-order valence-electron chi connectivity index (χ0n) is 11.9. The first-order valence-corrected chi connectivity index (χ1v) is 7.70. The smallest absolute Gasteiger partial charge is 0.136 e. The molecule has 2 atom stereocenters. The summed E-state index contributed by atoms with van der Waals surface area (Å²) in [6.07, 6.45) is 0. The van der Waals surface area contributed by atoms with Gasteiger partial charge in [-0.3, -0.25) is 0 Å². The molecule has 2 aromatic carbocycles. The first kappa shape index (κ1) is 14.4. The van der Waals surface area contributed by atoms with Gasteiger partial charge in [0.25, 0.3) is 0 Å². The summed E-state index contributed by atoms with van der Waals surface area (Å²) in [6.45, 7) is 8.00. The molecular weight excluding hydrogens is 254 g/mol. The predicted molar refractivity (Wildman–Crippen MR) is 83.4 cm³/mol. The fraction of sp³-hybridized carbons (Fsp3) is 0.375. The van der Waals surface area contributed by atoms with Gasteiger partial charge >= 0.3 is 0 Å². The van der Waals surface area contributed by atoms with Crippen molar-refractivity contribution in [2.24, 2.45) is 0 Å². The van der Waals surface area contributed by atoms with Crippen LogP contribution in [0.25, 0.3) is 10.8 Å². The van der Waals surface area contributed by atoms with Crippen molar-refractivity contribution in [3.63, 3.8) is 0 Å². The summed E-state index contributed by atoms with van der Waals surface area (Å²) in [7, 11) is 0. The summed E-state index contributed by atoms with van der Waals surface area (Å²) >= 11 is -1.06. The third-order valence-electron chi connectivity index (χ3n) is 3.13. The van der Waals surface area contributed by atoms with Crippen LogP contribution in [-0.2, 0) is 11.4 Å². The highest BCUT2D eigenvalue weighted by atomic mass is 32.2. The maximum absolute atomic E-state index is 12.2. The van der Waals surface area contributed by atoms with Crippen LogP contribution in [0.5, 0.6) is 0 Å². The van der Waals surface area contributed by atoms with Crippen molar-refractivity contribution in [3.8, 4) is 0 Å². The van der Waals surface area contributed by atoms with Crippen molar-refractivity contribution in [1.82, 2.24) is 4.72 Å². The molecule has 0 heterocycles. The zero-order chi connectivity index (χ0) is 14.0. The number of hydrogen-bond donors (Lipinski definition) is 1. The third-order valence-corrected chi connectivity index (χ3v) is 4.81. The largest absolute Gasteiger partial charge is 0.598 e. The van der Waals surface area contributed by atoms with E-state index >= 15 is 0 Å². The molecule has 0 amide bonds. The van der Waals surface area contributed by atoms with Gasteiger partial charge in [-0.25, -0.2) is 0 Å². The molecule has 0 aromatic heterocycles. The van der Waals surface area contributed by atoms with Crippen molar-refractivity contribution in [2.45, 2.75) is 38.5 Å². The van der Waals surface area contributed by atoms with Crippen molar-refractivity contribution in [1.29, 1.82) is 0 Å². The summed E-state index contributed by atoms with van der Waals surface area (Å²) in [4.78, 5) is 0. The number of rotatable bonds is 3. The van der Waals surface area contributed by atoms with Crippen LogP contribution in [0.4, 0.5) is 0 Å². The van der Waals surface area contributed by atoms with E-state index in [2.05, 4.69) is 42.0 Å². The van der Waals surface area contributed by atoms with E-state index in [1.54, 1.807) is 0 Å². The topological polar surface area (TPSA) is 35.1 Å². The quantitative estimate of drug-likeness (QED) is 0.861. The minimum atomic E-state index is -1.06. The van der Waals surface area contributed by atoms with E-state index in [1.165, 1.54) is 16.3 Å². The van der Waals surface area contributed by atoms with Crippen LogP contribution in [-0.4, -0.2) is 9.30 Å². The zero-order valence-corrected chi connectivity index (χ0v) is 12.8. The van der Waals surface area contributed by atoms with Gasteiger partial charge in [0.1, 0.15) is 4.75 Å². The summed E-state index contributed by atoms with van der Waals surface area (Å²) in [6, 6.07) is 14.6. The molecule has 0 aliphatic heterocycles. The monoisotopic (exact) mass is 275 g/mol. The van der Waals surface area contributed by atoms with E-state index in [0.717, 1.165) is 0 Å². The van der Waals surface area contributed by atoms with E-state index in [1.807, 2.05) is 32.9 Å². The molecule has 102 valence electrons. The second kappa shape index (κ2) is 5.53. The highest BCUT2D eigenvalue weighted by Crippen LogP contribution is 2.26. The summed E-state index contributed by atoms with van der Waals surface area (Å²) in [5, 5.41) is 2.44. The minimum Gasteiger partial charge on any atom is -0.598 e. The maximum atomic E-state index is 12.2. The Hall–Kier alpha value is -1.03. The molecule has 0 fully saturated rings. The first-order valence-electron chi connectivity index (χ1n) is 6.55. The molecule has 0 spiro atoms. The molecule has 0 aliphatic carbocycles. The van der Waals surface area contributed by atoms with Gasteiger partial charge in [-0.1, -0.05) is 42.5 Å². The molecule has 2 rings (SSSR count). The predicted octanol–water partition coefficient (Wildman–Crippen LogP) is 3.95. The Balaban J connectivity index is 2.29. The van der Waals surface area contributed by atoms with Crippen molar-refractivity contribution < 1.29 is 4.55 Å². The Morgan fingerprint density at radius 3 is 2.37 bits per heavy atom. The number of nitrogens with one attached hydrogen (secondary N) is 1. The average Bonchev–Trinajstić information content (AvgIpc) is 2.36. The third kappa shape index (κ3) is 3.30. The normalized spacial score (nSPS) is 15.4. The van der Waals surface area contributed by atoms with Gasteiger partial charge in [0.15, 0.2) is 0 Å². The minimum absolute atomic E-state index is 0.0613. The molecule has 0 bridgehead atoms. The van der Waals surface area contributed by atoms with Gasteiger partial charge in [0, 0.05) is 11.4 Å². The molecule has 0 saturated heterocycles. The Morgan fingerprint density at radius 2 is 1.68 bits per heavy atom. The van der Waals surface area contributed by atoms with E-state index in [9.17, 15) is 4.55 Å². The van der Waals surface area contributed by atoms with Crippen molar-refractivity contribution in [2.75, 3.05) is 0 Å². The van der Waals surface area contributed by atoms with Crippen LogP contribution in [0.15, 0.2) is 42.5 Å². The van der Waals surface area contributed by atoms with Crippen LogP contribution >= 0.6 is 0 Å². The van der Waals surface area contributed by atoms with E-state index < -0.39 is 11.4 Å². The highest BCUT2D eigenvalue weighted by molar-refractivity contribution is 7.90. The van der Waals surface area contributed by atoms with Gasteiger partial charge in [0.2, 0.25) is 0 Å². The van der Waals surface area contributed by atoms with Crippen LogP contribution in [0.1, 0.15) is 39.3 Å². The maximum Gasteiger partial charge on any atom is 0.136 e. The van der Waals surface area contributed by atoms with Gasteiger partial charge in [-0.2, -0.15) is 0 Å². The van der Waals surface area contributed by atoms with Crippen LogP contribution in [0.2, 0.25) is 0 Å². The Labute approximate surface area is 118 Å². The lowest BCUT2D eigenvalue weighted by Gasteiger charge is -2.27. The average molecular weight is 275 g/mol. The second-order valence-electron chi connectivity index (χ2n) is 5.79. The molecule has 2 nitrogen and oxygen atoms in total. The summed E-state index contributed by atoms with van der Waals surface area (Å²) < 4.78 is 15.1. The summed E-state index contributed by atoms with van der Waals surface area (Å²) in [5.41, 5.74) is 1.19. The van der Waals surface area contributed by atoms with Crippen molar-refractivity contribution >= 4 is 22.1 Å². The van der Waals surface area contributed by atoms with Gasteiger partial charge in [0.05, 0.1) is 6.04 Å². The molecule has 1 N–H and O–H groups in total. The molecule has 0 aliphatic rings. The van der Waals surface area contributed by atoms with Crippen molar-refractivity contribution in [3.05, 3.63) is 48.0 Å². The Bertz CT molecular complexity index is 557. The molecule has 0 radical (unpaired) electrons. The fourth-order valence-electron chi connectivity index (χ4n) is 2.03. The molecule has 0 saturated carbocycles. The number of benzene rings is 2. The van der Waals surface area contributed by atoms with E-state index in [0.29, 0.717) is 0 Å². The SMILES string of the molecule is C[C@@H](N[S+]([O-])C(C)(C)C)c1cccc2ccccc12. The lowest BCUT2D eigenvalue weighted by molar-refractivity contribution is 0.532. The van der Waals surface area contributed by atoms with E-state index in [4.69, 9.17) is 0 Å². The van der Waals surface area contributed by atoms with Crippen LogP contribution in [0, 0.1) is 0 Å². The van der Waals surface area contributed by atoms with Gasteiger partial charge in [-0.15, -0.1) is 4.72 Å². The lowest BCUT2D eigenvalue weighted by atomic mass is 10.0. The Morgan fingerprint density at radius 1 is 1.05 bits per heavy atom. The highest BCUT2D eigenvalue weighted by Gasteiger charge is 2.28. The number of fused-ring (bicyclic) bond motifs is 1.